The molecule has 124 valence electrons. The minimum atomic E-state index is 0.243. The van der Waals surface area contributed by atoms with Gasteiger partial charge >= 0.3 is 0 Å². The first-order valence-corrected chi connectivity index (χ1v) is 8.32. The molecule has 0 spiro atoms. The van der Waals surface area contributed by atoms with Crippen LogP contribution in [0.4, 0.5) is 0 Å². The van der Waals surface area contributed by atoms with Crippen molar-refractivity contribution >= 4 is 5.96 Å². The highest BCUT2D eigenvalue weighted by Gasteiger charge is 2.23. The number of aryl methyl sites for hydroxylation is 1. The summed E-state index contributed by atoms with van der Waals surface area (Å²) in [5.41, 5.74) is 2.89. The van der Waals surface area contributed by atoms with Gasteiger partial charge in [0.25, 0.3) is 0 Å². The second-order valence-electron chi connectivity index (χ2n) is 7.75. The summed E-state index contributed by atoms with van der Waals surface area (Å²) < 4.78 is 2.08. The third-order valence-corrected chi connectivity index (χ3v) is 3.98. The Kier molecular flexibility index (Phi) is 5.14. The van der Waals surface area contributed by atoms with Crippen LogP contribution in [0.1, 0.15) is 58.3 Å². The molecule has 0 saturated heterocycles. The first-order chi connectivity index (χ1) is 10.3. The fraction of sp³-hybridized carbons (Fsp3) is 0.765. The Labute approximate surface area is 134 Å². The average Bonchev–Trinajstić information content (AvgIpc) is 2.85. The van der Waals surface area contributed by atoms with Crippen molar-refractivity contribution in [2.75, 3.05) is 13.6 Å². The maximum absolute atomic E-state index is 4.74. The largest absolute Gasteiger partial charge is 0.356 e. The predicted molar refractivity (Wildman–Crippen MR) is 92.4 cm³/mol. The first-order valence-electron chi connectivity index (χ1n) is 8.32. The highest BCUT2D eigenvalue weighted by Crippen LogP contribution is 2.21. The number of fused-ring (bicyclic) bond motifs is 1. The Balaban J connectivity index is 1.94. The van der Waals surface area contributed by atoms with Crippen molar-refractivity contribution in [3.8, 4) is 0 Å². The average molecular weight is 305 g/mol. The maximum atomic E-state index is 4.74. The Morgan fingerprint density at radius 1 is 1.45 bits per heavy atom. The molecular formula is C17H31N5. The normalized spacial score (nSPS) is 19.2. The van der Waals surface area contributed by atoms with Crippen LogP contribution in [0.2, 0.25) is 0 Å². The summed E-state index contributed by atoms with van der Waals surface area (Å²) in [5, 5.41) is 11.7. The Hall–Kier alpha value is -1.52. The molecule has 22 heavy (non-hydrogen) atoms. The number of rotatable bonds is 3. The highest BCUT2D eigenvalue weighted by atomic mass is 15.3. The van der Waals surface area contributed by atoms with E-state index < -0.39 is 0 Å². The lowest BCUT2D eigenvalue weighted by atomic mass is 9.94. The molecule has 0 saturated carbocycles. The molecule has 1 unspecified atom stereocenters. The second kappa shape index (κ2) is 6.71. The molecule has 0 radical (unpaired) electrons. The maximum Gasteiger partial charge on any atom is 0.191 e. The molecule has 1 heterocycles. The van der Waals surface area contributed by atoms with Gasteiger partial charge in [-0.25, -0.2) is 0 Å². The van der Waals surface area contributed by atoms with Gasteiger partial charge in [0.15, 0.2) is 5.96 Å². The smallest absolute Gasteiger partial charge is 0.191 e. The lowest BCUT2D eigenvalue weighted by Gasteiger charge is -2.26. The number of aromatic nitrogens is 2. The van der Waals surface area contributed by atoms with Gasteiger partial charge in [0, 0.05) is 38.3 Å². The van der Waals surface area contributed by atoms with Crippen molar-refractivity contribution in [2.45, 2.75) is 66.0 Å². The van der Waals surface area contributed by atoms with E-state index in [9.17, 15) is 0 Å². The van der Waals surface area contributed by atoms with Crippen LogP contribution in [0.25, 0.3) is 0 Å². The predicted octanol–water partition coefficient (Wildman–Crippen LogP) is 2.53. The monoisotopic (exact) mass is 305 g/mol. The summed E-state index contributed by atoms with van der Waals surface area (Å²) in [7, 11) is 1.83. The molecule has 1 aliphatic carbocycles. The number of guanidine groups is 1. The molecule has 0 aliphatic heterocycles. The Morgan fingerprint density at radius 2 is 2.18 bits per heavy atom. The van der Waals surface area contributed by atoms with E-state index in [2.05, 4.69) is 61.1 Å². The fourth-order valence-electron chi connectivity index (χ4n) is 2.64. The number of aliphatic imine (C=N–C) groups is 1. The number of hydrogen-bond donors (Lipinski definition) is 2. The van der Waals surface area contributed by atoms with Crippen LogP contribution >= 0.6 is 0 Å². The SMILES string of the molecule is CN=C(NCC(C)(C)C)NC1CCc2cn(C(C)C)nc2C1. The third-order valence-electron chi connectivity index (χ3n) is 3.98. The van der Waals surface area contributed by atoms with E-state index in [4.69, 9.17) is 5.10 Å². The van der Waals surface area contributed by atoms with E-state index in [1.165, 1.54) is 11.3 Å². The molecule has 2 N–H and O–H groups in total. The van der Waals surface area contributed by atoms with Gasteiger partial charge in [0.1, 0.15) is 0 Å². The molecule has 1 aromatic heterocycles. The summed E-state index contributed by atoms with van der Waals surface area (Å²) in [6.07, 6.45) is 5.41. The number of nitrogens with one attached hydrogen (secondary N) is 2. The molecule has 0 aromatic carbocycles. The van der Waals surface area contributed by atoms with E-state index in [0.29, 0.717) is 12.1 Å². The van der Waals surface area contributed by atoms with Crippen LogP contribution in [0.3, 0.4) is 0 Å². The van der Waals surface area contributed by atoms with Crippen LogP contribution in [0.15, 0.2) is 11.2 Å². The summed E-state index contributed by atoms with van der Waals surface area (Å²) in [5.74, 6) is 0.895. The van der Waals surface area contributed by atoms with Crippen molar-refractivity contribution in [3.05, 3.63) is 17.5 Å². The number of nitrogens with zero attached hydrogens (tertiary/aromatic N) is 3. The minimum absolute atomic E-state index is 0.243. The van der Waals surface area contributed by atoms with E-state index >= 15 is 0 Å². The van der Waals surface area contributed by atoms with Gasteiger partial charge in [-0.05, 0) is 37.7 Å². The summed E-state index contributed by atoms with van der Waals surface area (Å²) in [6, 6.07) is 0.840. The zero-order valence-electron chi connectivity index (χ0n) is 14.9. The van der Waals surface area contributed by atoms with Crippen molar-refractivity contribution in [1.82, 2.24) is 20.4 Å². The third kappa shape index (κ3) is 4.49. The van der Waals surface area contributed by atoms with Crippen LogP contribution < -0.4 is 10.6 Å². The van der Waals surface area contributed by atoms with Crippen molar-refractivity contribution in [1.29, 1.82) is 0 Å². The molecule has 1 aromatic rings. The standard InChI is InChI=1S/C17H31N5/c1-12(2)22-10-13-7-8-14(9-15(13)21-22)20-16(18-6)19-11-17(3,4)5/h10,12,14H,7-9,11H2,1-6H3,(H2,18,19,20). The lowest BCUT2D eigenvalue weighted by molar-refractivity contribution is 0.403. The fourth-order valence-corrected chi connectivity index (χ4v) is 2.64. The summed E-state index contributed by atoms with van der Waals surface area (Å²) >= 11 is 0. The van der Waals surface area contributed by atoms with Crippen molar-refractivity contribution in [3.63, 3.8) is 0 Å². The Bertz CT molecular complexity index is 522. The molecule has 0 amide bonds. The van der Waals surface area contributed by atoms with Gasteiger partial charge in [-0.1, -0.05) is 20.8 Å². The van der Waals surface area contributed by atoms with Gasteiger partial charge in [0.2, 0.25) is 0 Å². The van der Waals surface area contributed by atoms with Crippen LogP contribution in [-0.4, -0.2) is 35.4 Å². The topological polar surface area (TPSA) is 54.2 Å². The van der Waals surface area contributed by atoms with Gasteiger partial charge < -0.3 is 10.6 Å². The summed E-state index contributed by atoms with van der Waals surface area (Å²) in [6.45, 7) is 11.9. The van der Waals surface area contributed by atoms with Gasteiger partial charge in [-0.2, -0.15) is 5.10 Å². The van der Waals surface area contributed by atoms with Crippen LogP contribution in [0, 0.1) is 5.41 Å². The van der Waals surface area contributed by atoms with E-state index in [0.717, 1.165) is 31.8 Å². The van der Waals surface area contributed by atoms with Crippen molar-refractivity contribution < 1.29 is 0 Å². The minimum Gasteiger partial charge on any atom is -0.356 e. The quantitative estimate of drug-likeness (QED) is 0.666. The highest BCUT2D eigenvalue weighted by molar-refractivity contribution is 5.80. The molecule has 1 atom stereocenters. The van der Waals surface area contributed by atoms with Gasteiger partial charge in [-0.15, -0.1) is 0 Å². The molecule has 5 nitrogen and oxygen atoms in total. The molecule has 0 fully saturated rings. The van der Waals surface area contributed by atoms with E-state index in [1.807, 2.05) is 7.05 Å². The molecule has 5 heteroatoms. The van der Waals surface area contributed by atoms with E-state index in [1.54, 1.807) is 0 Å². The number of hydrogen-bond acceptors (Lipinski definition) is 2. The molecule has 1 aliphatic rings. The zero-order valence-corrected chi connectivity index (χ0v) is 14.9. The van der Waals surface area contributed by atoms with Crippen LogP contribution in [0.5, 0.6) is 0 Å². The van der Waals surface area contributed by atoms with Gasteiger partial charge in [-0.3, -0.25) is 9.67 Å². The van der Waals surface area contributed by atoms with Crippen LogP contribution in [-0.2, 0) is 12.8 Å². The van der Waals surface area contributed by atoms with Crippen molar-refractivity contribution in [2.24, 2.45) is 10.4 Å². The van der Waals surface area contributed by atoms with E-state index in [-0.39, 0.29) is 5.41 Å². The first kappa shape index (κ1) is 16.8. The molecule has 2 rings (SSSR count). The Morgan fingerprint density at radius 3 is 2.77 bits per heavy atom. The van der Waals surface area contributed by atoms with Gasteiger partial charge in [0.05, 0.1) is 5.69 Å². The molecule has 0 bridgehead atoms. The second-order valence-corrected chi connectivity index (χ2v) is 7.75. The zero-order chi connectivity index (χ0) is 16.3. The lowest BCUT2D eigenvalue weighted by Crippen LogP contribution is -2.47. The molecular weight excluding hydrogens is 274 g/mol. The summed E-state index contributed by atoms with van der Waals surface area (Å²) in [4.78, 5) is 4.34.